The minimum Gasteiger partial charge on any atom is -0.343 e. The Labute approximate surface area is 112 Å². The average molecular weight is 252 g/mol. The highest BCUT2D eigenvalue weighted by molar-refractivity contribution is 5.76. The number of hydrogen-bond donors (Lipinski definition) is 0. The fraction of sp³-hybridized carbons (Fsp3) is 0.933. The highest BCUT2D eigenvalue weighted by Gasteiger charge is 2.36. The summed E-state index contributed by atoms with van der Waals surface area (Å²) in [5, 5.41) is 0. The van der Waals surface area contributed by atoms with Gasteiger partial charge in [-0.2, -0.15) is 0 Å². The van der Waals surface area contributed by atoms with E-state index in [9.17, 15) is 4.79 Å². The van der Waals surface area contributed by atoms with Crippen molar-refractivity contribution < 1.29 is 4.79 Å². The van der Waals surface area contributed by atoms with Gasteiger partial charge in [-0.15, -0.1) is 0 Å². The number of nitrogens with zero attached hydrogens (tertiary/aromatic N) is 2. The smallest absolute Gasteiger partial charge is 0.222 e. The van der Waals surface area contributed by atoms with Gasteiger partial charge in [0, 0.05) is 19.5 Å². The second-order valence-corrected chi connectivity index (χ2v) is 6.29. The number of carbonyl (C=O) groups is 1. The first-order valence-electron chi connectivity index (χ1n) is 7.61. The van der Waals surface area contributed by atoms with Gasteiger partial charge < -0.3 is 9.80 Å². The molecule has 3 heteroatoms. The van der Waals surface area contributed by atoms with E-state index in [1.165, 1.54) is 45.2 Å². The van der Waals surface area contributed by atoms with Gasteiger partial charge in [-0.1, -0.05) is 6.92 Å². The zero-order valence-corrected chi connectivity index (χ0v) is 12.1. The van der Waals surface area contributed by atoms with Crippen LogP contribution in [0.4, 0.5) is 0 Å². The summed E-state index contributed by atoms with van der Waals surface area (Å²) in [5.41, 5.74) is 0.549. The SMILES string of the molecule is CCCC(=O)N1CCC2(CCCN(C)CC2)CC1. The zero-order valence-electron chi connectivity index (χ0n) is 12.1. The molecule has 2 saturated heterocycles. The van der Waals surface area contributed by atoms with Crippen LogP contribution < -0.4 is 0 Å². The first-order valence-corrected chi connectivity index (χ1v) is 7.61. The Balaban J connectivity index is 1.86. The van der Waals surface area contributed by atoms with Crippen LogP contribution >= 0.6 is 0 Å². The van der Waals surface area contributed by atoms with Crippen LogP contribution in [0.15, 0.2) is 0 Å². The summed E-state index contributed by atoms with van der Waals surface area (Å²) in [7, 11) is 2.24. The van der Waals surface area contributed by atoms with Crippen molar-refractivity contribution in [3.63, 3.8) is 0 Å². The Hall–Kier alpha value is -0.570. The molecule has 0 unspecified atom stereocenters. The van der Waals surface area contributed by atoms with Crippen LogP contribution in [0.25, 0.3) is 0 Å². The monoisotopic (exact) mass is 252 g/mol. The lowest BCUT2D eigenvalue weighted by molar-refractivity contribution is -0.133. The number of rotatable bonds is 2. The fourth-order valence-corrected chi connectivity index (χ4v) is 3.49. The van der Waals surface area contributed by atoms with Gasteiger partial charge in [-0.05, 0) is 64.1 Å². The highest BCUT2D eigenvalue weighted by Crippen LogP contribution is 2.41. The Bertz CT molecular complexity index is 282. The van der Waals surface area contributed by atoms with E-state index >= 15 is 0 Å². The molecule has 0 aromatic heterocycles. The molecule has 0 N–H and O–H groups in total. The topological polar surface area (TPSA) is 23.6 Å². The van der Waals surface area contributed by atoms with Crippen molar-refractivity contribution in [1.82, 2.24) is 9.80 Å². The van der Waals surface area contributed by atoms with E-state index in [2.05, 4.69) is 23.8 Å². The van der Waals surface area contributed by atoms with Crippen LogP contribution in [0.1, 0.15) is 51.9 Å². The van der Waals surface area contributed by atoms with Crippen molar-refractivity contribution in [1.29, 1.82) is 0 Å². The summed E-state index contributed by atoms with van der Waals surface area (Å²) in [6.07, 6.45) is 8.21. The third-order valence-electron chi connectivity index (χ3n) is 4.91. The standard InChI is InChI=1S/C15H28N2O/c1-3-5-14(18)17-12-8-15(9-13-17)6-4-10-16(2)11-7-15/h3-13H2,1-2H3. The van der Waals surface area contributed by atoms with Gasteiger partial charge in [0.2, 0.25) is 5.91 Å². The lowest BCUT2D eigenvalue weighted by atomic mass is 9.73. The van der Waals surface area contributed by atoms with Crippen LogP contribution in [0.2, 0.25) is 0 Å². The molecule has 2 heterocycles. The largest absolute Gasteiger partial charge is 0.343 e. The molecule has 2 aliphatic heterocycles. The molecule has 2 aliphatic rings. The van der Waals surface area contributed by atoms with Gasteiger partial charge in [0.15, 0.2) is 0 Å². The summed E-state index contributed by atoms with van der Waals surface area (Å²) in [6.45, 7) is 6.58. The van der Waals surface area contributed by atoms with E-state index in [-0.39, 0.29) is 0 Å². The summed E-state index contributed by atoms with van der Waals surface area (Å²) >= 11 is 0. The average Bonchev–Trinajstić information content (AvgIpc) is 2.54. The quantitative estimate of drug-likeness (QED) is 0.754. The Morgan fingerprint density at radius 1 is 1.06 bits per heavy atom. The van der Waals surface area contributed by atoms with Crippen molar-refractivity contribution in [2.45, 2.75) is 51.9 Å². The second-order valence-electron chi connectivity index (χ2n) is 6.29. The number of likely N-dealkylation sites (tertiary alicyclic amines) is 2. The molecule has 0 radical (unpaired) electrons. The molecule has 0 bridgehead atoms. The molecule has 0 atom stereocenters. The first-order chi connectivity index (χ1) is 8.65. The predicted octanol–water partition coefficient (Wildman–Crippen LogP) is 2.51. The van der Waals surface area contributed by atoms with E-state index in [1.807, 2.05) is 0 Å². The number of amides is 1. The Morgan fingerprint density at radius 3 is 2.39 bits per heavy atom. The maximum Gasteiger partial charge on any atom is 0.222 e. The molecular formula is C15H28N2O. The third-order valence-corrected chi connectivity index (χ3v) is 4.91. The molecule has 0 saturated carbocycles. The number of piperidine rings is 1. The molecule has 0 aromatic carbocycles. The van der Waals surface area contributed by atoms with E-state index in [0.717, 1.165) is 25.9 Å². The van der Waals surface area contributed by atoms with Crippen LogP contribution in [-0.2, 0) is 4.79 Å². The fourth-order valence-electron chi connectivity index (χ4n) is 3.49. The van der Waals surface area contributed by atoms with Gasteiger partial charge in [0.25, 0.3) is 0 Å². The molecule has 1 amide bonds. The number of hydrogen-bond acceptors (Lipinski definition) is 2. The van der Waals surface area contributed by atoms with E-state index in [0.29, 0.717) is 11.3 Å². The molecule has 1 spiro atoms. The minimum atomic E-state index is 0.373. The molecule has 3 nitrogen and oxygen atoms in total. The molecule has 0 aromatic rings. The van der Waals surface area contributed by atoms with Crippen molar-refractivity contribution in [2.75, 3.05) is 33.2 Å². The predicted molar refractivity (Wildman–Crippen MR) is 74.5 cm³/mol. The molecule has 18 heavy (non-hydrogen) atoms. The van der Waals surface area contributed by atoms with Crippen LogP contribution in [0.5, 0.6) is 0 Å². The molecule has 2 rings (SSSR count). The van der Waals surface area contributed by atoms with Crippen molar-refractivity contribution in [3.8, 4) is 0 Å². The number of carbonyl (C=O) groups excluding carboxylic acids is 1. The van der Waals surface area contributed by atoms with Crippen LogP contribution in [-0.4, -0.2) is 48.9 Å². The molecular weight excluding hydrogens is 224 g/mol. The molecule has 2 fully saturated rings. The third kappa shape index (κ3) is 3.25. The molecule has 104 valence electrons. The summed E-state index contributed by atoms with van der Waals surface area (Å²) in [6, 6.07) is 0. The summed E-state index contributed by atoms with van der Waals surface area (Å²) < 4.78 is 0. The Kier molecular flexibility index (Phi) is 4.66. The van der Waals surface area contributed by atoms with E-state index in [1.54, 1.807) is 0 Å². The van der Waals surface area contributed by atoms with Crippen molar-refractivity contribution in [2.24, 2.45) is 5.41 Å². The lowest BCUT2D eigenvalue weighted by Gasteiger charge is -2.41. The van der Waals surface area contributed by atoms with Crippen LogP contribution in [0, 0.1) is 5.41 Å². The van der Waals surface area contributed by atoms with Gasteiger partial charge in [-0.3, -0.25) is 4.79 Å². The maximum absolute atomic E-state index is 11.9. The first kappa shape index (κ1) is 13.9. The van der Waals surface area contributed by atoms with Crippen molar-refractivity contribution in [3.05, 3.63) is 0 Å². The van der Waals surface area contributed by atoms with Gasteiger partial charge in [0.1, 0.15) is 0 Å². The summed E-state index contributed by atoms with van der Waals surface area (Å²) in [4.78, 5) is 16.5. The maximum atomic E-state index is 11.9. The van der Waals surface area contributed by atoms with Crippen LogP contribution in [0.3, 0.4) is 0 Å². The van der Waals surface area contributed by atoms with E-state index in [4.69, 9.17) is 0 Å². The van der Waals surface area contributed by atoms with Crippen molar-refractivity contribution >= 4 is 5.91 Å². The van der Waals surface area contributed by atoms with Gasteiger partial charge in [0.05, 0.1) is 0 Å². The second kappa shape index (κ2) is 6.05. The van der Waals surface area contributed by atoms with E-state index < -0.39 is 0 Å². The van der Waals surface area contributed by atoms with Gasteiger partial charge in [-0.25, -0.2) is 0 Å². The normalized spacial score (nSPS) is 25.1. The minimum absolute atomic E-state index is 0.373. The van der Waals surface area contributed by atoms with Gasteiger partial charge >= 0.3 is 0 Å². The Morgan fingerprint density at radius 2 is 1.72 bits per heavy atom. The molecule has 0 aliphatic carbocycles. The lowest BCUT2D eigenvalue weighted by Crippen LogP contribution is -2.43. The zero-order chi connectivity index (χ0) is 13.0. The summed E-state index contributed by atoms with van der Waals surface area (Å²) in [5.74, 6) is 0.373. The highest BCUT2D eigenvalue weighted by atomic mass is 16.2.